The minimum Gasteiger partial charge on any atom is -0.487 e. The number of ether oxygens (including phenoxy) is 1. The molecule has 0 aromatic heterocycles. The molecule has 1 aliphatic heterocycles. The summed E-state index contributed by atoms with van der Waals surface area (Å²) in [6.45, 7) is 1.85. The fourth-order valence-electron chi connectivity index (χ4n) is 4.86. The summed E-state index contributed by atoms with van der Waals surface area (Å²) in [5.74, 6) is 0.826. The van der Waals surface area contributed by atoms with Gasteiger partial charge >= 0.3 is 0 Å². The van der Waals surface area contributed by atoms with Gasteiger partial charge in [-0.25, -0.2) is 0 Å². The van der Waals surface area contributed by atoms with E-state index in [9.17, 15) is 5.11 Å². The molecule has 3 aliphatic rings. The zero-order valence-corrected chi connectivity index (χ0v) is 17.8. The van der Waals surface area contributed by atoms with Crippen LogP contribution in [0.1, 0.15) is 48.5 Å². The smallest absolute Gasteiger partial charge is 0.143 e. The highest BCUT2D eigenvalue weighted by atomic mass is 16.5. The third kappa shape index (κ3) is 4.46. The second-order valence-electron chi connectivity index (χ2n) is 8.62. The first-order valence-corrected chi connectivity index (χ1v) is 11.3. The van der Waals surface area contributed by atoms with Gasteiger partial charge < -0.3 is 20.5 Å². The van der Waals surface area contributed by atoms with Crippen molar-refractivity contribution in [3.05, 3.63) is 88.5 Å². The average Bonchev–Trinajstić information content (AvgIpc) is 3.25. The van der Waals surface area contributed by atoms with Crippen LogP contribution in [0, 0.1) is 0 Å². The second-order valence-corrected chi connectivity index (χ2v) is 8.62. The van der Waals surface area contributed by atoms with Crippen LogP contribution in [0.25, 0.3) is 6.08 Å². The molecule has 2 aromatic carbocycles. The number of benzene rings is 2. The van der Waals surface area contributed by atoms with Crippen LogP contribution < -0.4 is 15.4 Å². The second kappa shape index (κ2) is 9.13. The first kappa shape index (κ1) is 20.1. The summed E-state index contributed by atoms with van der Waals surface area (Å²) < 4.78 is 6.12. The van der Waals surface area contributed by atoms with E-state index in [2.05, 4.69) is 47.1 Å². The molecular formula is C27H30N2O2. The van der Waals surface area contributed by atoms with Crippen molar-refractivity contribution in [2.24, 2.45) is 0 Å². The summed E-state index contributed by atoms with van der Waals surface area (Å²) >= 11 is 0. The lowest BCUT2D eigenvalue weighted by Gasteiger charge is -2.24. The molecule has 3 N–H and O–H groups in total. The van der Waals surface area contributed by atoms with Gasteiger partial charge in [0.25, 0.3) is 0 Å². The van der Waals surface area contributed by atoms with E-state index in [0.29, 0.717) is 19.2 Å². The highest BCUT2D eigenvalue weighted by Gasteiger charge is 2.25. The predicted octanol–water partition coefficient (Wildman–Crippen LogP) is 5.14. The van der Waals surface area contributed by atoms with Crippen LogP contribution in [0.4, 0.5) is 5.69 Å². The predicted molar refractivity (Wildman–Crippen MR) is 126 cm³/mol. The van der Waals surface area contributed by atoms with Crippen LogP contribution in [0.15, 0.2) is 71.8 Å². The minimum atomic E-state index is -0.558. The van der Waals surface area contributed by atoms with Crippen molar-refractivity contribution < 1.29 is 9.84 Å². The average molecular weight is 415 g/mol. The number of aliphatic hydroxyl groups is 1. The number of anilines is 1. The van der Waals surface area contributed by atoms with Crippen LogP contribution in [0.3, 0.4) is 0 Å². The van der Waals surface area contributed by atoms with Crippen molar-refractivity contribution in [2.75, 3.05) is 18.4 Å². The Kier molecular flexibility index (Phi) is 5.92. The maximum absolute atomic E-state index is 11.0. The fraction of sp³-hybridized carbons (Fsp3) is 0.333. The largest absolute Gasteiger partial charge is 0.487 e. The van der Waals surface area contributed by atoms with E-state index in [1.165, 1.54) is 0 Å². The van der Waals surface area contributed by atoms with Gasteiger partial charge in [0.15, 0.2) is 0 Å². The molecule has 5 rings (SSSR count). The summed E-state index contributed by atoms with van der Waals surface area (Å²) in [4.78, 5) is 0. The Morgan fingerprint density at radius 1 is 1.00 bits per heavy atom. The third-order valence-corrected chi connectivity index (χ3v) is 6.50. The first-order chi connectivity index (χ1) is 15.3. The van der Waals surface area contributed by atoms with E-state index >= 15 is 0 Å². The van der Waals surface area contributed by atoms with E-state index in [-0.39, 0.29) is 0 Å². The molecule has 160 valence electrons. The number of rotatable bonds is 7. The zero-order chi connectivity index (χ0) is 21.0. The van der Waals surface area contributed by atoms with Gasteiger partial charge in [-0.05, 0) is 42.9 Å². The highest BCUT2D eigenvalue weighted by Crippen LogP contribution is 2.38. The van der Waals surface area contributed by atoms with Crippen LogP contribution in [0.2, 0.25) is 0 Å². The molecule has 2 aromatic rings. The summed E-state index contributed by atoms with van der Waals surface area (Å²) in [6, 6.07) is 14.6. The molecule has 4 nitrogen and oxygen atoms in total. The van der Waals surface area contributed by atoms with Gasteiger partial charge in [0.1, 0.15) is 12.4 Å². The van der Waals surface area contributed by atoms with Gasteiger partial charge in [-0.1, -0.05) is 71.8 Å². The van der Waals surface area contributed by atoms with Crippen LogP contribution >= 0.6 is 0 Å². The lowest BCUT2D eigenvalue weighted by atomic mass is 9.97. The Labute approximate surface area is 184 Å². The number of hydrogen-bond acceptors (Lipinski definition) is 4. The SMILES string of the molecule is O[C@@H](CNC1CC2=C(CC=CC2)C1)c1ccc(OCc2ccccc2)c2c1C=CCN2. The Morgan fingerprint density at radius 3 is 2.55 bits per heavy atom. The molecular weight excluding hydrogens is 384 g/mol. The number of hydrogen-bond donors (Lipinski definition) is 3. The monoisotopic (exact) mass is 414 g/mol. The van der Waals surface area contributed by atoms with Crippen molar-refractivity contribution in [3.63, 3.8) is 0 Å². The Bertz CT molecular complexity index is 1000. The lowest BCUT2D eigenvalue weighted by molar-refractivity contribution is 0.169. The molecule has 1 atom stereocenters. The highest BCUT2D eigenvalue weighted by molar-refractivity contribution is 5.78. The number of aliphatic hydroxyl groups excluding tert-OH is 1. The molecule has 0 radical (unpaired) electrons. The van der Waals surface area contributed by atoms with E-state index in [1.807, 2.05) is 30.3 Å². The molecule has 31 heavy (non-hydrogen) atoms. The fourth-order valence-corrected chi connectivity index (χ4v) is 4.86. The molecule has 0 saturated heterocycles. The molecule has 0 saturated carbocycles. The van der Waals surface area contributed by atoms with Crippen LogP contribution in [-0.2, 0) is 6.61 Å². The van der Waals surface area contributed by atoms with Gasteiger partial charge in [-0.2, -0.15) is 0 Å². The van der Waals surface area contributed by atoms with Crippen molar-refractivity contribution in [3.8, 4) is 5.75 Å². The standard InChI is InChI=1S/C27H30N2O2/c30-25(17-29-22-15-20-9-4-5-10-21(20)16-22)23-12-13-26(27-24(23)11-6-14-28-27)31-18-19-7-2-1-3-8-19/h1-8,11-13,22,25,28-30H,9-10,14-18H2/t25-/m0/s1. The van der Waals surface area contributed by atoms with Gasteiger partial charge in [-0.3, -0.25) is 0 Å². The molecule has 4 heteroatoms. The summed E-state index contributed by atoms with van der Waals surface area (Å²) in [7, 11) is 0. The van der Waals surface area contributed by atoms with Crippen molar-refractivity contribution in [2.45, 2.75) is 44.4 Å². The van der Waals surface area contributed by atoms with Crippen molar-refractivity contribution in [1.29, 1.82) is 0 Å². The molecule has 2 aliphatic carbocycles. The van der Waals surface area contributed by atoms with E-state index in [4.69, 9.17) is 4.74 Å². The maximum Gasteiger partial charge on any atom is 0.143 e. The number of allylic oxidation sites excluding steroid dienone is 2. The molecule has 1 heterocycles. The van der Waals surface area contributed by atoms with E-state index in [1.54, 1.807) is 11.1 Å². The third-order valence-electron chi connectivity index (χ3n) is 6.50. The van der Waals surface area contributed by atoms with Gasteiger partial charge in [-0.15, -0.1) is 0 Å². The molecule has 0 fully saturated rings. The topological polar surface area (TPSA) is 53.5 Å². The Balaban J connectivity index is 1.25. The molecule has 0 bridgehead atoms. The van der Waals surface area contributed by atoms with Gasteiger partial charge in [0, 0.05) is 24.7 Å². The summed E-state index contributed by atoms with van der Waals surface area (Å²) in [6.07, 6.45) is 12.6. The van der Waals surface area contributed by atoms with Crippen LogP contribution in [0.5, 0.6) is 5.75 Å². The Morgan fingerprint density at radius 2 is 1.77 bits per heavy atom. The number of nitrogens with one attached hydrogen (secondary N) is 2. The molecule has 0 unspecified atom stereocenters. The summed E-state index contributed by atoms with van der Waals surface area (Å²) in [5, 5.41) is 18.0. The lowest BCUT2D eigenvalue weighted by Crippen LogP contribution is -2.31. The maximum atomic E-state index is 11.0. The number of fused-ring (bicyclic) bond motifs is 1. The first-order valence-electron chi connectivity index (χ1n) is 11.3. The van der Waals surface area contributed by atoms with Gasteiger partial charge in [0.05, 0.1) is 11.8 Å². The minimum absolute atomic E-state index is 0.442. The normalized spacial score (nSPS) is 18.5. The zero-order valence-electron chi connectivity index (χ0n) is 17.8. The van der Waals surface area contributed by atoms with E-state index in [0.717, 1.165) is 60.4 Å². The molecule has 0 spiro atoms. The van der Waals surface area contributed by atoms with Gasteiger partial charge in [0.2, 0.25) is 0 Å². The van der Waals surface area contributed by atoms with Crippen molar-refractivity contribution in [1.82, 2.24) is 5.32 Å². The van der Waals surface area contributed by atoms with E-state index < -0.39 is 6.10 Å². The van der Waals surface area contributed by atoms with Crippen LogP contribution in [-0.4, -0.2) is 24.2 Å². The summed E-state index contributed by atoms with van der Waals surface area (Å²) in [5.41, 5.74) is 7.27. The van der Waals surface area contributed by atoms with Crippen molar-refractivity contribution >= 4 is 11.8 Å². The quantitative estimate of drug-likeness (QED) is 0.550. The molecule has 0 amide bonds. The Hall–Kier alpha value is -2.82.